The van der Waals surface area contributed by atoms with Crippen LogP contribution in [0.3, 0.4) is 0 Å². The number of carbonyl (C=O) groups is 2. The fraction of sp³-hybridized carbons (Fsp3) is 0.926. The lowest BCUT2D eigenvalue weighted by molar-refractivity contribution is -0.123. The fourth-order valence-electron chi connectivity index (χ4n) is 3.82. The number of nitrogens with one attached hydrogen (secondary N) is 2. The highest BCUT2D eigenvalue weighted by molar-refractivity contribution is 5.77. The van der Waals surface area contributed by atoms with Gasteiger partial charge in [0.2, 0.25) is 11.8 Å². The predicted molar refractivity (Wildman–Crippen MR) is 137 cm³/mol. The average Bonchev–Trinajstić information content (AvgIpc) is 2.81. The normalized spacial score (nSPS) is 11.0. The Balaban J connectivity index is 3.25. The monoisotopic (exact) mass is 470 g/mol. The summed E-state index contributed by atoms with van der Waals surface area (Å²) in [5.74, 6) is 0.110. The minimum Gasteiger partial charge on any atom is -0.382 e. The maximum atomic E-state index is 11.9. The van der Waals surface area contributed by atoms with E-state index < -0.39 is 0 Å². The first kappa shape index (κ1) is 31.9. The number of hydrogen-bond acceptors (Lipinski definition) is 4. The number of methoxy groups -OCH3 is 1. The van der Waals surface area contributed by atoms with Crippen molar-refractivity contribution < 1.29 is 19.1 Å². The van der Waals surface area contributed by atoms with E-state index in [1.807, 2.05) is 0 Å². The molecule has 196 valence electrons. The van der Waals surface area contributed by atoms with Gasteiger partial charge >= 0.3 is 0 Å². The van der Waals surface area contributed by atoms with Gasteiger partial charge in [-0.2, -0.15) is 0 Å². The van der Waals surface area contributed by atoms with Crippen LogP contribution in [-0.2, 0) is 19.1 Å². The Morgan fingerprint density at radius 2 is 1.00 bits per heavy atom. The van der Waals surface area contributed by atoms with E-state index in [1.165, 1.54) is 83.5 Å². The lowest BCUT2D eigenvalue weighted by atomic mass is 10.0. The van der Waals surface area contributed by atoms with Crippen LogP contribution in [0.25, 0.3) is 0 Å². The van der Waals surface area contributed by atoms with Crippen molar-refractivity contribution in [1.29, 1.82) is 0 Å². The van der Waals surface area contributed by atoms with Crippen LogP contribution in [0.1, 0.15) is 122 Å². The summed E-state index contributed by atoms with van der Waals surface area (Å²) in [6.07, 6.45) is 21.7. The van der Waals surface area contributed by atoms with Crippen molar-refractivity contribution in [2.24, 2.45) is 0 Å². The highest BCUT2D eigenvalue weighted by Crippen LogP contribution is 2.13. The molecule has 33 heavy (non-hydrogen) atoms. The molecule has 0 rings (SSSR count). The van der Waals surface area contributed by atoms with Crippen LogP contribution in [-0.4, -0.2) is 51.8 Å². The predicted octanol–water partition coefficient (Wildman–Crippen LogP) is 5.92. The second kappa shape index (κ2) is 27.1. The second-order valence-corrected chi connectivity index (χ2v) is 9.11. The topological polar surface area (TPSA) is 76.7 Å². The summed E-state index contributed by atoms with van der Waals surface area (Å²) in [5, 5.41) is 5.73. The zero-order chi connectivity index (χ0) is 24.2. The maximum absolute atomic E-state index is 11.9. The van der Waals surface area contributed by atoms with Crippen LogP contribution in [0.4, 0.5) is 0 Å². The molecule has 2 N–H and O–H groups in total. The summed E-state index contributed by atoms with van der Waals surface area (Å²) in [5.41, 5.74) is 0. The van der Waals surface area contributed by atoms with Gasteiger partial charge in [-0.1, -0.05) is 96.8 Å². The molecule has 0 unspecified atom stereocenters. The summed E-state index contributed by atoms with van der Waals surface area (Å²) >= 11 is 0. The Morgan fingerprint density at radius 1 is 0.545 bits per heavy atom. The average molecular weight is 471 g/mol. The number of rotatable bonds is 26. The Kier molecular flexibility index (Phi) is 26.2. The number of unbranched alkanes of at least 4 members (excludes halogenated alkanes) is 14. The molecule has 6 heteroatoms. The maximum Gasteiger partial charge on any atom is 0.220 e. The molecule has 0 aliphatic rings. The molecule has 0 atom stereocenters. The first-order chi connectivity index (χ1) is 16.2. The van der Waals surface area contributed by atoms with Crippen molar-refractivity contribution in [3.05, 3.63) is 0 Å². The van der Waals surface area contributed by atoms with Gasteiger partial charge in [-0.25, -0.2) is 0 Å². The van der Waals surface area contributed by atoms with Crippen LogP contribution in [0, 0.1) is 0 Å². The molecule has 0 aromatic rings. The van der Waals surface area contributed by atoms with Gasteiger partial charge in [0, 0.05) is 33.0 Å². The molecule has 0 aliphatic carbocycles. The number of carbonyl (C=O) groups excluding carboxylic acids is 2. The van der Waals surface area contributed by atoms with Gasteiger partial charge in [-0.3, -0.25) is 9.59 Å². The Bertz CT molecular complexity index is 432. The largest absolute Gasteiger partial charge is 0.382 e. The Morgan fingerprint density at radius 3 is 1.52 bits per heavy atom. The minimum absolute atomic E-state index is 0.00185. The van der Waals surface area contributed by atoms with Crippen molar-refractivity contribution in [3.8, 4) is 0 Å². The molecule has 0 aromatic heterocycles. The van der Waals surface area contributed by atoms with Crippen molar-refractivity contribution in [2.75, 3.05) is 40.0 Å². The van der Waals surface area contributed by atoms with Gasteiger partial charge in [0.05, 0.1) is 19.8 Å². The van der Waals surface area contributed by atoms with Crippen LogP contribution >= 0.6 is 0 Å². The van der Waals surface area contributed by atoms with Crippen LogP contribution in [0.15, 0.2) is 0 Å². The third-order valence-electron chi connectivity index (χ3n) is 5.91. The molecule has 6 nitrogen and oxygen atoms in total. The van der Waals surface area contributed by atoms with E-state index in [9.17, 15) is 9.59 Å². The van der Waals surface area contributed by atoms with Gasteiger partial charge < -0.3 is 20.1 Å². The molecule has 0 aromatic carbocycles. The highest BCUT2D eigenvalue weighted by Gasteiger charge is 2.03. The smallest absolute Gasteiger partial charge is 0.220 e. The van der Waals surface area contributed by atoms with Gasteiger partial charge in [0.25, 0.3) is 0 Å². The Hall–Kier alpha value is -1.14. The van der Waals surface area contributed by atoms with E-state index in [1.54, 1.807) is 7.11 Å². The summed E-state index contributed by atoms with van der Waals surface area (Å²) in [6.45, 7) is 4.94. The molecule has 0 saturated heterocycles. The lowest BCUT2D eigenvalue weighted by Gasteiger charge is -2.07. The first-order valence-electron chi connectivity index (χ1n) is 13.8. The van der Waals surface area contributed by atoms with E-state index in [2.05, 4.69) is 17.6 Å². The molecule has 0 bridgehead atoms. The molecule has 2 amide bonds. The van der Waals surface area contributed by atoms with Crippen molar-refractivity contribution in [2.45, 2.75) is 122 Å². The third kappa shape index (κ3) is 27.0. The van der Waals surface area contributed by atoms with Crippen molar-refractivity contribution in [1.82, 2.24) is 10.6 Å². The molecular formula is C27H54N2O4. The van der Waals surface area contributed by atoms with Crippen molar-refractivity contribution in [3.63, 3.8) is 0 Å². The number of amides is 2. The fourth-order valence-corrected chi connectivity index (χ4v) is 3.82. The summed E-state index contributed by atoms with van der Waals surface area (Å²) in [7, 11) is 1.63. The molecule has 0 spiro atoms. The van der Waals surface area contributed by atoms with Crippen LogP contribution < -0.4 is 10.6 Å². The molecule has 0 heterocycles. The summed E-state index contributed by atoms with van der Waals surface area (Å²) in [4.78, 5) is 23.6. The van der Waals surface area contributed by atoms with E-state index >= 15 is 0 Å². The van der Waals surface area contributed by atoms with Crippen molar-refractivity contribution >= 4 is 11.8 Å². The molecule has 0 saturated carbocycles. The number of ether oxygens (including phenoxy) is 2. The Labute approximate surface area is 204 Å². The second-order valence-electron chi connectivity index (χ2n) is 9.11. The molecular weight excluding hydrogens is 416 g/mol. The standard InChI is InChI=1S/C27H54N2O4/c1-3-4-5-6-7-8-9-10-11-12-13-14-15-16-17-19-26(30)28-21-18-20-27(31)29-22-23-33-25-24-32-2/h3-25H2,1-2H3,(H,28,30)(H,29,31). The highest BCUT2D eigenvalue weighted by atomic mass is 16.5. The SMILES string of the molecule is CCCCCCCCCCCCCCCCCC(=O)NCCCC(=O)NCCOCCOC. The lowest BCUT2D eigenvalue weighted by Crippen LogP contribution is -2.29. The third-order valence-corrected chi connectivity index (χ3v) is 5.91. The van der Waals surface area contributed by atoms with Gasteiger partial charge in [-0.15, -0.1) is 0 Å². The quantitative estimate of drug-likeness (QED) is 0.154. The summed E-state index contributed by atoms with van der Waals surface area (Å²) in [6, 6.07) is 0. The zero-order valence-electron chi connectivity index (χ0n) is 21.9. The zero-order valence-corrected chi connectivity index (χ0v) is 21.9. The van der Waals surface area contributed by atoms with E-state index in [0.717, 1.165) is 12.8 Å². The molecule has 0 fully saturated rings. The molecule has 0 radical (unpaired) electrons. The minimum atomic E-state index is 0.00185. The van der Waals surface area contributed by atoms with Crippen LogP contribution in [0.5, 0.6) is 0 Å². The molecule has 0 aliphatic heterocycles. The van der Waals surface area contributed by atoms with Gasteiger partial charge in [0.15, 0.2) is 0 Å². The van der Waals surface area contributed by atoms with E-state index in [0.29, 0.717) is 52.2 Å². The van der Waals surface area contributed by atoms with Gasteiger partial charge in [-0.05, 0) is 12.8 Å². The summed E-state index contributed by atoms with van der Waals surface area (Å²) < 4.78 is 10.2. The van der Waals surface area contributed by atoms with Gasteiger partial charge in [0.1, 0.15) is 0 Å². The number of hydrogen-bond donors (Lipinski definition) is 2. The van der Waals surface area contributed by atoms with E-state index in [4.69, 9.17) is 9.47 Å². The first-order valence-corrected chi connectivity index (χ1v) is 13.8. The van der Waals surface area contributed by atoms with Crippen LogP contribution in [0.2, 0.25) is 0 Å². The van der Waals surface area contributed by atoms with E-state index in [-0.39, 0.29) is 11.8 Å².